The van der Waals surface area contributed by atoms with Gasteiger partial charge in [0, 0.05) is 37.1 Å². The highest BCUT2D eigenvalue weighted by molar-refractivity contribution is 6.06. The van der Waals surface area contributed by atoms with Crippen LogP contribution < -0.4 is 10.2 Å². The number of piperidine rings is 1. The molecular weight excluding hydrogens is 338 g/mol. The van der Waals surface area contributed by atoms with E-state index in [-0.39, 0.29) is 18.4 Å². The molecule has 1 aliphatic rings. The number of anilines is 2. The first-order chi connectivity index (χ1) is 13.0. The van der Waals surface area contributed by atoms with Crippen molar-refractivity contribution in [3.8, 4) is 0 Å². The molecule has 0 saturated carbocycles. The summed E-state index contributed by atoms with van der Waals surface area (Å²) in [4.78, 5) is 28.7. The van der Waals surface area contributed by atoms with E-state index in [0.717, 1.165) is 37.3 Å². The van der Waals surface area contributed by atoms with E-state index in [4.69, 9.17) is 0 Å². The maximum Gasteiger partial charge on any atom is 0.258 e. The van der Waals surface area contributed by atoms with Gasteiger partial charge in [-0.25, -0.2) is 0 Å². The molecule has 5 heteroatoms. The molecule has 1 saturated heterocycles. The van der Waals surface area contributed by atoms with Crippen LogP contribution in [-0.4, -0.2) is 43.4 Å². The average Bonchev–Trinajstić information content (AvgIpc) is 2.72. The zero-order chi connectivity index (χ0) is 19.2. The van der Waals surface area contributed by atoms with E-state index in [1.807, 2.05) is 47.4 Å². The third-order valence-corrected chi connectivity index (χ3v) is 5.14. The Morgan fingerprint density at radius 2 is 1.78 bits per heavy atom. The Morgan fingerprint density at radius 3 is 2.48 bits per heavy atom. The molecule has 1 fully saturated rings. The second kappa shape index (κ2) is 8.71. The Labute approximate surface area is 161 Å². The van der Waals surface area contributed by atoms with Gasteiger partial charge in [0.1, 0.15) is 0 Å². The van der Waals surface area contributed by atoms with Crippen molar-refractivity contribution in [1.82, 2.24) is 4.90 Å². The number of para-hydroxylation sites is 1. The number of hydrogen-bond acceptors (Lipinski definition) is 3. The summed E-state index contributed by atoms with van der Waals surface area (Å²) >= 11 is 0. The van der Waals surface area contributed by atoms with Crippen molar-refractivity contribution in [3.05, 3.63) is 60.2 Å². The fourth-order valence-corrected chi connectivity index (χ4v) is 3.27. The van der Waals surface area contributed by atoms with Crippen LogP contribution in [0, 0.1) is 5.92 Å². The molecule has 5 nitrogen and oxygen atoms in total. The summed E-state index contributed by atoms with van der Waals surface area (Å²) in [6, 6.07) is 16.8. The summed E-state index contributed by atoms with van der Waals surface area (Å²) < 4.78 is 0. The monoisotopic (exact) mass is 365 g/mol. The first-order valence-corrected chi connectivity index (χ1v) is 9.49. The minimum atomic E-state index is -0.0822. The van der Waals surface area contributed by atoms with Crippen molar-refractivity contribution in [3.63, 3.8) is 0 Å². The van der Waals surface area contributed by atoms with Gasteiger partial charge in [0.15, 0.2) is 0 Å². The molecule has 3 rings (SSSR count). The van der Waals surface area contributed by atoms with Crippen LogP contribution in [0.1, 0.15) is 30.1 Å². The van der Waals surface area contributed by atoms with Gasteiger partial charge in [-0.05, 0) is 49.1 Å². The highest BCUT2D eigenvalue weighted by Gasteiger charge is 2.20. The lowest BCUT2D eigenvalue weighted by atomic mass is 9.99. The molecule has 0 atom stereocenters. The number of rotatable bonds is 5. The third kappa shape index (κ3) is 4.88. The molecule has 2 aromatic carbocycles. The van der Waals surface area contributed by atoms with Crippen LogP contribution in [0.3, 0.4) is 0 Å². The number of hydrogen-bond donors (Lipinski definition) is 1. The molecule has 1 aliphatic heterocycles. The maximum atomic E-state index is 12.7. The van der Waals surface area contributed by atoms with Gasteiger partial charge >= 0.3 is 0 Å². The smallest absolute Gasteiger partial charge is 0.258 e. The Hall–Kier alpha value is -2.82. The number of nitrogens with one attached hydrogen (secondary N) is 1. The first-order valence-electron chi connectivity index (χ1n) is 9.49. The van der Waals surface area contributed by atoms with Crippen molar-refractivity contribution in [2.24, 2.45) is 5.92 Å². The Kier molecular flexibility index (Phi) is 6.12. The molecule has 0 radical (unpaired) electrons. The largest absolute Gasteiger partial charge is 0.376 e. The molecule has 142 valence electrons. The van der Waals surface area contributed by atoms with E-state index < -0.39 is 0 Å². The van der Waals surface area contributed by atoms with Crippen molar-refractivity contribution in [2.75, 3.05) is 36.9 Å². The minimum absolute atomic E-state index is 0.0822. The highest BCUT2D eigenvalue weighted by Crippen LogP contribution is 2.18. The summed E-state index contributed by atoms with van der Waals surface area (Å²) in [7, 11) is 1.76. The fraction of sp³-hybridized carbons (Fsp3) is 0.364. The normalized spacial score (nSPS) is 14.7. The predicted octanol–water partition coefficient (Wildman–Crippen LogP) is 3.63. The predicted molar refractivity (Wildman–Crippen MR) is 109 cm³/mol. The Bertz CT molecular complexity index is 783. The quantitative estimate of drug-likeness (QED) is 0.880. The van der Waals surface area contributed by atoms with Gasteiger partial charge in [-0.15, -0.1) is 0 Å². The maximum absolute atomic E-state index is 12.7. The molecular formula is C22H27N3O2. The zero-order valence-corrected chi connectivity index (χ0v) is 16.0. The van der Waals surface area contributed by atoms with Crippen molar-refractivity contribution in [2.45, 2.75) is 19.8 Å². The van der Waals surface area contributed by atoms with Crippen LogP contribution in [0.5, 0.6) is 0 Å². The van der Waals surface area contributed by atoms with Gasteiger partial charge < -0.3 is 15.1 Å². The minimum Gasteiger partial charge on any atom is -0.376 e. The van der Waals surface area contributed by atoms with Gasteiger partial charge in [0.25, 0.3) is 5.91 Å². The number of carbonyl (C=O) groups excluding carboxylic acids is 2. The van der Waals surface area contributed by atoms with E-state index in [2.05, 4.69) is 12.2 Å². The van der Waals surface area contributed by atoms with Crippen LogP contribution in [-0.2, 0) is 4.79 Å². The molecule has 2 aromatic rings. The lowest BCUT2D eigenvalue weighted by Crippen LogP contribution is -2.40. The molecule has 0 aromatic heterocycles. The standard InChI is InChI=1S/C22H27N3O2/c1-17-11-13-25(14-12-17)21(26)16-23-19-8-6-7-18(15-19)22(27)24(2)20-9-4-3-5-10-20/h3-10,15,17,23H,11-14,16H2,1-2H3. The number of nitrogens with zero attached hydrogens (tertiary/aromatic N) is 2. The third-order valence-electron chi connectivity index (χ3n) is 5.14. The SMILES string of the molecule is CC1CCN(C(=O)CNc2cccc(C(=O)N(C)c3ccccc3)c2)CC1. The molecule has 0 bridgehead atoms. The van der Waals surface area contributed by atoms with Gasteiger partial charge in [0.05, 0.1) is 6.54 Å². The van der Waals surface area contributed by atoms with Crippen LogP contribution in [0.4, 0.5) is 11.4 Å². The number of benzene rings is 2. The van der Waals surface area contributed by atoms with Gasteiger partial charge in [0.2, 0.25) is 5.91 Å². The van der Waals surface area contributed by atoms with E-state index >= 15 is 0 Å². The van der Waals surface area contributed by atoms with Crippen molar-refractivity contribution < 1.29 is 9.59 Å². The van der Waals surface area contributed by atoms with Crippen molar-refractivity contribution >= 4 is 23.2 Å². The van der Waals surface area contributed by atoms with Gasteiger partial charge in [-0.1, -0.05) is 31.2 Å². The zero-order valence-electron chi connectivity index (χ0n) is 16.0. The molecule has 2 amide bonds. The number of carbonyl (C=O) groups is 2. The van der Waals surface area contributed by atoms with E-state index in [1.54, 1.807) is 24.1 Å². The topological polar surface area (TPSA) is 52.7 Å². The number of amides is 2. The molecule has 0 spiro atoms. The molecule has 1 N–H and O–H groups in total. The van der Waals surface area contributed by atoms with E-state index in [1.165, 1.54) is 0 Å². The summed E-state index contributed by atoms with van der Waals surface area (Å²) in [5.41, 5.74) is 2.21. The second-order valence-corrected chi connectivity index (χ2v) is 7.20. The highest BCUT2D eigenvalue weighted by atomic mass is 16.2. The van der Waals surface area contributed by atoms with Crippen LogP contribution >= 0.6 is 0 Å². The molecule has 0 unspecified atom stereocenters. The summed E-state index contributed by atoms with van der Waals surface area (Å²) in [6.07, 6.45) is 2.14. The Morgan fingerprint density at radius 1 is 1.07 bits per heavy atom. The van der Waals surface area contributed by atoms with E-state index in [0.29, 0.717) is 11.5 Å². The molecule has 0 aliphatic carbocycles. The fourth-order valence-electron chi connectivity index (χ4n) is 3.27. The first kappa shape index (κ1) is 19.0. The summed E-state index contributed by atoms with van der Waals surface area (Å²) in [5.74, 6) is 0.729. The molecule has 1 heterocycles. The van der Waals surface area contributed by atoms with Gasteiger partial charge in [-0.3, -0.25) is 9.59 Å². The summed E-state index contributed by atoms with van der Waals surface area (Å²) in [5, 5.41) is 3.16. The lowest BCUT2D eigenvalue weighted by molar-refractivity contribution is -0.130. The lowest BCUT2D eigenvalue weighted by Gasteiger charge is -2.30. The number of likely N-dealkylation sites (tertiary alicyclic amines) is 1. The van der Waals surface area contributed by atoms with E-state index in [9.17, 15) is 9.59 Å². The van der Waals surface area contributed by atoms with Crippen LogP contribution in [0.25, 0.3) is 0 Å². The molecule has 27 heavy (non-hydrogen) atoms. The Balaban J connectivity index is 1.60. The average molecular weight is 365 g/mol. The van der Waals surface area contributed by atoms with Crippen molar-refractivity contribution in [1.29, 1.82) is 0 Å². The second-order valence-electron chi connectivity index (χ2n) is 7.20. The van der Waals surface area contributed by atoms with Gasteiger partial charge in [-0.2, -0.15) is 0 Å². The summed E-state index contributed by atoms with van der Waals surface area (Å²) in [6.45, 7) is 4.15. The van der Waals surface area contributed by atoms with Crippen LogP contribution in [0.2, 0.25) is 0 Å². The van der Waals surface area contributed by atoms with Crippen LogP contribution in [0.15, 0.2) is 54.6 Å².